The van der Waals surface area contributed by atoms with E-state index < -0.39 is 0 Å². The van der Waals surface area contributed by atoms with Gasteiger partial charge in [0, 0.05) is 26.7 Å². The van der Waals surface area contributed by atoms with Crippen LogP contribution in [0, 0.1) is 11.3 Å². The Labute approximate surface area is 103 Å². The molecule has 0 spiro atoms. The van der Waals surface area contributed by atoms with Crippen LogP contribution in [0.25, 0.3) is 0 Å². The van der Waals surface area contributed by atoms with Crippen LogP contribution < -0.4 is 5.73 Å². The molecule has 1 unspecified atom stereocenters. The molecule has 98 valence electrons. The van der Waals surface area contributed by atoms with Crippen molar-refractivity contribution in [1.29, 1.82) is 0 Å². The molecule has 17 heavy (non-hydrogen) atoms. The average molecular weight is 240 g/mol. The Balaban J connectivity index is 1.99. The zero-order chi connectivity index (χ0) is 12.5. The van der Waals surface area contributed by atoms with Crippen LogP contribution in [-0.4, -0.2) is 43.7 Å². The summed E-state index contributed by atoms with van der Waals surface area (Å²) in [5.41, 5.74) is 5.57. The Bertz CT molecular complexity index is 287. The highest BCUT2D eigenvalue weighted by atomic mass is 16.5. The van der Waals surface area contributed by atoms with Crippen molar-refractivity contribution in [2.75, 3.05) is 26.7 Å². The lowest BCUT2D eigenvalue weighted by atomic mass is 9.61. The first-order valence-electron chi connectivity index (χ1n) is 6.63. The Kier molecular flexibility index (Phi) is 3.73. The van der Waals surface area contributed by atoms with E-state index in [2.05, 4.69) is 6.92 Å². The molecule has 2 aliphatic rings. The summed E-state index contributed by atoms with van der Waals surface area (Å²) < 4.78 is 5.37. The van der Waals surface area contributed by atoms with Crippen LogP contribution in [0.4, 0.5) is 0 Å². The topological polar surface area (TPSA) is 55.6 Å². The molecule has 4 nitrogen and oxygen atoms in total. The molecule has 1 heterocycles. The molecule has 2 N–H and O–H groups in total. The summed E-state index contributed by atoms with van der Waals surface area (Å²) in [5.74, 6) is 0.908. The van der Waals surface area contributed by atoms with E-state index in [4.69, 9.17) is 10.5 Å². The van der Waals surface area contributed by atoms with Gasteiger partial charge in [0.05, 0.1) is 11.5 Å². The van der Waals surface area contributed by atoms with Crippen molar-refractivity contribution in [3.8, 4) is 0 Å². The van der Waals surface area contributed by atoms with Crippen molar-refractivity contribution in [3.05, 3.63) is 0 Å². The fraction of sp³-hybridized carbons (Fsp3) is 0.923. The van der Waals surface area contributed by atoms with Gasteiger partial charge < -0.3 is 15.4 Å². The Morgan fingerprint density at radius 1 is 1.53 bits per heavy atom. The number of carbonyl (C=O) groups excluding carboxylic acids is 1. The summed E-state index contributed by atoms with van der Waals surface area (Å²) in [6, 6.07) is 0. The molecule has 1 atom stereocenters. The lowest BCUT2D eigenvalue weighted by Gasteiger charge is -2.48. The maximum absolute atomic E-state index is 12.5. The van der Waals surface area contributed by atoms with Crippen molar-refractivity contribution in [1.82, 2.24) is 4.90 Å². The summed E-state index contributed by atoms with van der Waals surface area (Å²) >= 11 is 0. The maximum Gasteiger partial charge on any atom is 0.230 e. The van der Waals surface area contributed by atoms with Gasteiger partial charge in [-0.15, -0.1) is 0 Å². The Morgan fingerprint density at radius 3 is 2.76 bits per heavy atom. The highest BCUT2D eigenvalue weighted by molar-refractivity contribution is 5.84. The van der Waals surface area contributed by atoms with Crippen LogP contribution in [0.5, 0.6) is 0 Å². The Hall–Kier alpha value is -0.610. The summed E-state index contributed by atoms with van der Waals surface area (Å²) in [5, 5.41) is 0. The van der Waals surface area contributed by atoms with Crippen molar-refractivity contribution in [2.24, 2.45) is 17.1 Å². The number of hydrogen-bond acceptors (Lipinski definition) is 3. The molecule has 2 fully saturated rings. The molecule has 2 rings (SSSR count). The summed E-state index contributed by atoms with van der Waals surface area (Å²) in [7, 11) is 1.72. The van der Waals surface area contributed by atoms with Gasteiger partial charge in [-0.25, -0.2) is 0 Å². The monoisotopic (exact) mass is 240 g/mol. The lowest BCUT2D eigenvalue weighted by molar-refractivity contribution is -0.153. The molecule has 1 amide bonds. The van der Waals surface area contributed by atoms with Gasteiger partial charge in [-0.2, -0.15) is 0 Å². The van der Waals surface area contributed by atoms with Gasteiger partial charge in [0.15, 0.2) is 0 Å². The molecular formula is C13H24N2O2. The molecule has 1 saturated carbocycles. The zero-order valence-corrected chi connectivity index (χ0v) is 10.9. The second kappa shape index (κ2) is 4.94. The third-order valence-electron chi connectivity index (χ3n) is 4.32. The lowest BCUT2D eigenvalue weighted by Crippen LogP contribution is -2.57. The van der Waals surface area contributed by atoms with Gasteiger partial charge >= 0.3 is 0 Å². The minimum Gasteiger partial charge on any atom is -0.380 e. The summed E-state index contributed by atoms with van der Waals surface area (Å²) in [4.78, 5) is 14.5. The minimum atomic E-state index is -0.255. The van der Waals surface area contributed by atoms with Gasteiger partial charge in [-0.1, -0.05) is 6.92 Å². The largest absolute Gasteiger partial charge is 0.380 e. The number of rotatable bonds is 3. The summed E-state index contributed by atoms with van der Waals surface area (Å²) in [6.45, 7) is 4.29. The van der Waals surface area contributed by atoms with Gasteiger partial charge in [0.2, 0.25) is 5.91 Å². The highest BCUT2D eigenvalue weighted by Crippen LogP contribution is 2.46. The van der Waals surface area contributed by atoms with Crippen molar-refractivity contribution in [3.63, 3.8) is 0 Å². The minimum absolute atomic E-state index is 0.208. The van der Waals surface area contributed by atoms with Crippen molar-refractivity contribution < 1.29 is 9.53 Å². The predicted molar refractivity (Wildman–Crippen MR) is 66.5 cm³/mol. The fourth-order valence-corrected chi connectivity index (χ4v) is 3.35. The molecule has 0 aromatic heterocycles. The smallest absolute Gasteiger partial charge is 0.230 e. The van der Waals surface area contributed by atoms with Gasteiger partial charge in [0.1, 0.15) is 0 Å². The van der Waals surface area contributed by atoms with Crippen molar-refractivity contribution in [2.45, 2.75) is 38.7 Å². The first kappa shape index (κ1) is 12.8. The van der Waals surface area contributed by atoms with Gasteiger partial charge in [0.25, 0.3) is 0 Å². The number of carbonyl (C=O) groups is 1. The van der Waals surface area contributed by atoms with E-state index in [0.29, 0.717) is 12.5 Å². The number of piperidine rings is 1. The maximum atomic E-state index is 12.5. The first-order chi connectivity index (χ1) is 8.11. The van der Waals surface area contributed by atoms with Crippen LogP contribution in [-0.2, 0) is 9.53 Å². The van der Waals surface area contributed by atoms with Crippen LogP contribution >= 0.6 is 0 Å². The zero-order valence-electron chi connectivity index (χ0n) is 10.9. The molecule has 1 aliphatic heterocycles. The molecule has 0 aromatic rings. The van der Waals surface area contributed by atoms with Crippen molar-refractivity contribution >= 4 is 5.91 Å². The number of nitrogens with zero attached hydrogens (tertiary/aromatic N) is 1. The number of hydrogen-bond donors (Lipinski definition) is 1. The number of ether oxygens (including phenoxy) is 1. The van der Waals surface area contributed by atoms with Crippen LogP contribution in [0.3, 0.4) is 0 Å². The third-order valence-corrected chi connectivity index (χ3v) is 4.32. The SMILES string of the molecule is COC1CCCN(C(=O)C2(CN)CC(C)C2)C1. The van der Waals surface area contributed by atoms with Crippen LogP contribution in [0.15, 0.2) is 0 Å². The molecule has 0 radical (unpaired) electrons. The van der Waals surface area contributed by atoms with Crippen LogP contribution in [0.1, 0.15) is 32.6 Å². The first-order valence-corrected chi connectivity index (χ1v) is 6.63. The van der Waals surface area contributed by atoms with E-state index in [9.17, 15) is 4.79 Å². The van der Waals surface area contributed by atoms with E-state index in [0.717, 1.165) is 38.8 Å². The van der Waals surface area contributed by atoms with Gasteiger partial charge in [-0.05, 0) is 31.6 Å². The number of amides is 1. The third kappa shape index (κ3) is 2.33. The standard InChI is InChI=1S/C13H24N2O2/c1-10-6-13(7-10,9-14)12(16)15-5-3-4-11(8-15)17-2/h10-11H,3-9,14H2,1-2H3. The summed E-state index contributed by atoms with van der Waals surface area (Å²) in [6.07, 6.45) is 4.22. The van der Waals surface area contributed by atoms with E-state index in [1.54, 1.807) is 7.11 Å². The average Bonchev–Trinajstić information content (AvgIpc) is 2.34. The number of methoxy groups -OCH3 is 1. The number of nitrogens with two attached hydrogens (primary N) is 1. The molecule has 1 aliphatic carbocycles. The Morgan fingerprint density at radius 2 is 2.24 bits per heavy atom. The van der Waals surface area contributed by atoms with E-state index >= 15 is 0 Å². The second-order valence-corrected chi connectivity index (χ2v) is 5.75. The molecule has 1 saturated heterocycles. The highest BCUT2D eigenvalue weighted by Gasteiger charge is 2.49. The molecule has 0 bridgehead atoms. The molecule has 4 heteroatoms. The quantitative estimate of drug-likeness (QED) is 0.800. The fourth-order valence-electron chi connectivity index (χ4n) is 3.35. The van der Waals surface area contributed by atoms with Crippen LogP contribution in [0.2, 0.25) is 0 Å². The van der Waals surface area contributed by atoms with Gasteiger partial charge in [-0.3, -0.25) is 4.79 Å². The second-order valence-electron chi connectivity index (χ2n) is 5.75. The molecular weight excluding hydrogens is 216 g/mol. The normalized spacial score (nSPS) is 37.7. The number of likely N-dealkylation sites (tertiary alicyclic amines) is 1. The van der Waals surface area contributed by atoms with E-state index in [-0.39, 0.29) is 17.4 Å². The van der Waals surface area contributed by atoms with E-state index in [1.807, 2.05) is 4.90 Å². The molecule has 0 aromatic carbocycles. The van der Waals surface area contributed by atoms with E-state index in [1.165, 1.54) is 0 Å². The predicted octanol–water partition coefficient (Wildman–Crippen LogP) is 0.999.